The van der Waals surface area contributed by atoms with Crippen molar-refractivity contribution in [3.05, 3.63) is 47.5 Å². The topological polar surface area (TPSA) is 93.1 Å². The van der Waals surface area contributed by atoms with E-state index in [1.165, 1.54) is 12.1 Å². The molecule has 0 aromatic heterocycles. The Kier molecular flexibility index (Phi) is 6.60. The highest BCUT2D eigenvalue weighted by Crippen LogP contribution is 2.31. The van der Waals surface area contributed by atoms with Gasteiger partial charge in [-0.3, -0.25) is 0 Å². The number of benzene rings is 2. The van der Waals surface area contributed by atoms with Crippen LogP contribution >= 0.6 is 0 Å². The summed E-state index contributed by atoms with van der Waals surface area (Å²) in [6.07, 6.45) is 1.51. The third kappa shape index (κ3) is 4.53. The van der Waals surface area contributed by atoms with E-state index in [0.29, 0.717) is 13.2 Å². The summed E-state index contributed by atoms with van der Waals surface area (Å²) in [5.74, 6) is -1.54. The Morgan fingerprint density at radius 1 is 0.769 bits per heavy atom. The van der Waals surface area contributed by atoms with Gasteiger partial charge in [0.1, 0.15) is 22.6 Å². The van der Waals surface area contributed by atoms with Crippen LogP contribution in [0.25, 0.3) is 11.1 Å². The molecule has 2 aromatic rings. The normalized spacial score (nSPS) is 10.4. The number of aromatic carboxylic acids is 2. The van der Waals surface area contributed by atoms with Crippen molar-refractivity contribution in [1.29, 1.82) is 0 Å². The largest absolute Gasteiger partial charge is 0.493 e. The van der Waals surface area contributed by atoms with Gasteiger partial charge >= 0.3 is 11.9 Å². The van der Waals surface area contributed by atoms with Crippen LogP contribution in [0, 0.1) is 0 Å². The van der Waals surface area contributed by atoms with Crippen LogP contribution < -0.4 is 9.47 Å². The first-order valence-corrected chi connectivity index (χ1v) is 8.48. The standard InChI is InChI=1S/C20H22O6/c1-3-9-25-17-11-13(5-7-15(17)19(21)22)14-6-8-16(20(23)24)18(12-14)26-10-4-2/h5-8,11-12H,3-4,9-10H2,1-2H3,(H,21,22)(H,23,24). The first-order chi connectivity index (χ1) is 12.5. The molecule has 0 aliphatic rings. The number of ether oxygens (including phenoxy) is 2. The van der Waals surface area contributed by atoms with Crippen molar-refractivity contribution in [3.63, 3.8) is 0 Å². The molecule has 6 heteroatoms. The minimum absolute atomic E-state index is 0.0896. The van der Waals surface area contributed by atoms with E-state index in [2.05, 4.69) is 0 Å². The van der Waals surface area contributed by atoms with Crippen molar-refractivity contribution in [2.45, 2.75) is 26.7 Å². The number of rotatable bonds is 9. The van der Waals surface area contributed by atoms with Gasteiger partial charge in [0.25, 0.3) is 0 Å². The predicted molar refractivity (Wildman–Crippen MR) is 97.4 cm³/mol. The molecule has 0 fully saturated rings. The minimum atomic E-state index is -1.06. The van der Waals surface area contributed by atoms with Gasteiger partial charge in [-0.15, -0.1) is 0 Å². The molecule has 2 N–H and O–H groups in total. The lowest BCUT2D eigenvalue weighted by Crippen LogP contribution is -2.05. The molecule has 0 amide bonds. The van der Waals surface area contributed by atoms with Crippen molar-refractivity contribution < 1.29 is 29.3 Å². The van der Waals surface area contributed by atoms with E-state index in [4.69, 9.17) is 9.47 Å². The summed E-state index contributed by atoms with van der Waals surface area (Å²) < 4.78 is 11.1. The second-order valence-electron chi connectivity index (χ2n) is 5.73. The van der Waals surface area contributed by atoms with Gasteiger partial charge in [0.15, 0.2) is 0 Å². The summed E-state index contributed by atoms with van der Waals surface area (Å²) in [7, 11) is 0. The van der Waals surface area contributed by atoms with Gasteiger partial charge in [0.2, 0.25) is 0 Å². The molecule has 0 radical (unpaired) electrons. The highest BCUT2D eigenvalue weighted by Gasteiger charge is 2.16. The molecule has 0 atom stereocenters. The van der Waals surface area contributed by atoms with Crippen LogP contribution in [-0.2, 0) is 0 Å². The molecule has 0 unspecified atom stereocenters. The van der Waals surface area contributed by atoms with Gasteiger partial charge in [-0.25, -0.2) is 9.59 Å². The molecule has 0 heterocycles. The first-order valence-electron chi connectivity index (χ1n) is 8.48. The Labute approximate surface area is 152 Å². The first kappa shape index (κ1) is 19.3. The van der Waals surface area contributed by atoms with Crippen molar-refractivity contribution in [1.82, 2.24) is 0 Å². The summed E-state index contributed by atoms with van der Waals surface area (Å²) >= 11 is 0. The number of hydrogen-bond donors (Lipinski definition) is 2. The molecular weight excluding hydrogens is 336 g/mol. The van der Waals surface area contributed by atoms with Gasteiger partial charge in [-0.2, -0.15) is 0 Å². The SMILES string of the molecule is CCCOc1cc(-c2ccc(C(=O)O)c(OCCC)c2)ccc1C(=O)O. The second kappa shape index (κ2) is 8.89. The maximum atomic E-state index is 11.4. The third-order valence-electron chi connectivity index (χ3n) is 3.68. The van der Waals surface area contributed by atoms with E-state index in [0.717, 1.165) is 24.0 Å². The number of hydrogen-bond acceptors (Lipinski definition) is 4. The molecule has 0 saturated heterocycles. The van der Waals surface area contributed by atoms with Crippen molar-refractivity contribution >= 4 is 11.9 Å². The minimum Gasteiger partial charge on any atom is -0.493 e. The fraction of sp³-hybridized carbons (Fsp3) is 0.300. The van der Waals surface area contributed by atoms with E-state index in [1.54, 1.807) is 24.3 Å². The number of carbonyl (C=O) groups is 2. The van der Waals surface area contributed by atoms with E-state index in [9.17, 15) is 19.8 Å². The maximum absolute atomic E-state index is 11.4. The Morgan fingerprint density at radius 2 is 1.15 bits per heavy atom. The molecule has 2 aromatic carbocycles. The molecular formula is C20H22O6. The predicted octanol–water partition coefficient (Wildman–Crippen LogP) is 4.33. The summed E-state index contributed by atoms with van der Waals surface area (Å²) in [6, 6.07) is 9.61. The zero-order chi connectivity index (χ0) is 19.1. The molecule has 0 bridgehead atoms. The average Bonchev–Trinajstić information content (AvgIpc) is 2.63. The van der Waals surface area contributed by atoms with Gasteiger partial charge in [0, 0.05) is 0 Å². The molecule has 0 spiro atoms. The van der Waals surface area contributed by atoms with Crippen molar-refractivity contribution in [2.24, 2.45) is 0 Å². The maximum Gasteiger partial charge on any atom is 0.339 e. The molecule has 2 rings (SSSR count). The van der Waals surface area contributed by atoms with Gasteiger partial charge in [0.05, 0.1) is 13.2 Å². The zero-order valence-corrected chi connectivity index (χ0v) is 14.8. The van der Waals surface area contributed by atoms with Crippen LogP contribution in [0.4, 0.5) is 0 Å². The zero-order valence-electron chi connectivity index (χ0n) is 14.8. The van der Waals surface area contributed by atoms with Crippen LogP contribution in [-0.4, -0.2) is 35.4 Å². The highest BCUT2D eigenvalue weighted by atomic mass is 16.5. The van der Waals surface area contributed by atoms with Crippen LogP contribution in [0.3, 0.4) is 0 Å². The Bertz CT molecular complexity index is 729. The smallest absolute Gasteiger partial charge is 0.339 e. The molecule has 26 heavy (non-hydrogen) atoms. The number of carboxylic acid groups (broad SMARTS) is 2. The van der Waals surface area contributed by atoms with Crippen LogP contribution in [0.1, 0.15) is 47.4 Å². The summed E-state index contributed by atoms with van der Waals surface area (Å²) in [5, 5.41) is 18.6. The van der Waals surface area contributed by atoms with Crippen LogP contribution in [0.5, 0.6) is 11.5 Å². The fourth-order valence-corrected chi connectivity index (χ4v) is 2.42. The lowest BCUT2D eigenvalue weighted by molar-refractivity contribution is 0.0681. The summed E-state index contributed by atoms with van der Waals surface area (Å²) in [4.78, 5) is 22.7. The van der Waals surface area contributed by atoms with Gasteiger partial charge in [-0.05, 0) is 48.2 Å². The van der Waals surface area contributed by atoms with Gasteiger partial charge in [-0.1, -0.05) is 26.0 Å². The van der Waals surface area contributed by atoms with Crippen LogP contribution in [0.2, 0.25) is 0 Å². The molecule has 138 valence electrons. The van der Waals surface area contributed by atoms with Crippen molar-refractivity contribution in [2.75, 3.05) is 13.2 Å². The Morgan fingerprint density at radius 3 is 1.46 bits per heavy atom. The quantitative estimate of drug-likeness (QED) is 0.693. The number of carboxylic acids is 2. The van der Waals surface area contributed by atoms with E-state index in [-0.39, 0.29) is 22.6 Å². The molecule has 6 nitrogen and oxygen atoms in total. The average molecular weight is 358 g/mol. The van der Waals surface area contributed by atoms with E-state index >= 15 is 0 Å². The lowest BCUT2D eigenvalue weighted by Gasteiger charge is -2.13. The van der Waals surface area contributed by atoms with Gasteiger partial charge < -0.3 is 19.7 Å². The second-order valence-corrected chi connectivity index (χ2v) is 5.73. The molecule has 0 saturated carbocycles. The Hall–Kier alpha value is -3.02. The monoisotopic (exact) mass is 358 g/mol. The summed E-state index contributed by atoms with van der Waals surface area (Å²) in [5.41, 5.74) is 1.62. The van der Waals surface area contributed by atoms with E-state index in [1.807, 2.05) is 13.8 Å². The molecule has 0 aliphatic carbocycles. The molecule has 0 aliphatic heterocycles. The van der Waals surface area contributed by atoms with Crippen molar-refractivity contribution in [3.8, 4) is 22.6 Å². The summed E-state index contributed by atoms with van der Waals surface area (Å²) in [6.45, 7) is 4.69. The third-order valence-corrected chi connectivity index (χ3v) is 3.68. The Balaban J connectivity index is 2.46. The van der Waals surface area contributed by atoms with Crippen LogP contribution in [0.15, 0.2) is 36.4 Å². The highest BCUT2D eigenvalue weighted by molar-refractivity contribution is 5.93. The fourth-order valence-electron chi connectivity index (χ4n) is 2.42. The van der Waals surface area contributed by atoms with E-state index < -0.39 is 11.9 Å². The lowest BCUT2D eigenvalue weighted by atomic mass is 10.0.